The molecule has 0 aliphatic rings. The zero-order valence-electron chi connectivity index (χ0n) is 17.6. The lowest BCUT2D eigenvalue weighted by Crippen LogP contribution is -2.12. The van der Waals surface area contributed by atoms with Crippen LogP contribution in [0.1, 0.15) is 36.2 Å². The Kier molecular flexibility index (Phi) is 7.90. The average Bonchev–Trinajstić information content (AvgIpc) is 2.76. The smallest absolute Gasteiger partial charge is 0.255 e. The second kappa shape index (κ2) is 11.1. The number of carbonyl (C=O) groups excluding carboxylic acids is 1. The van der Waals surface area contributed by atoms with Crippen molar-refractivity contribution >= 4 is 11.6 Å². The molecule has 4 heteroatoms. The van der Waals surface area contributed by atoms with Gasteiger partial charge in [0.25, 0.3) is 5.91 Å². The first-order valence-corrected chi connectivity index (χ1v) is 10.4. The van der Waals surface area contributed by atoms with Crippen molar-refractivity contribution in [2.75, 3.05) is 18.5 Å². The van der Waals surface area contributed by atoms with Gasteiger partial charge >= 0.3 is 0 Å². The van der Waals surface area contributed by atoms with Crippen LogP contribution in [0.15, 0.2) is 78.9 Å². The van der Waals surface area contributed by atoms with Gasteiger partial charge in [0.2, 0.25) is 0 Å². The maximum atomic E-state index is 12.6. The van der Waals surface area contributed by atoms with Crippen LogP contribution in [0.5, 0.6) is 11.5 Å². The second-order valence-electron chi connectivity index (χ2n) is 7.62. The molecule has 0 saturated carbocycles. The van der Waals surface area contributed by atoms with Crippen LogP contribution in [-0.2, 0) is 6.42 Å². The van der Waals surface area contributed by atoms with Crippen LogP contribution >= 0.6 is 0 Å². The Balaban J connectivity index is 1.49. The van der Waals surface area contributed by atoms with E-state index < -0.39 is 0 Å². The van der Waals surface area contributed by atoms with E-state index in [0.29, 0.717) is 30.4 Å². The van der Waals surface area contributed by atoms with E-state index in [-0.39, 0.29) is 5.91 Å². The summed E-state index contributed by atoms with van der Waals surface area (Å²) in [6.45, 7) is 5.58. The van der Waals surface area contributed by atoms with Gasteiger partial charge in [-0.2, -0.15) is 0 Å². The highest BCUT2D eigenvalue weighted by atomic mass is 16.5. The topological polar surface area (TPSA) is 47.6 Å². The zero-order chi connectivity index (χ0) is 21.2. The Morgan fingerprint density at radius 1 is 0.833 bits per heavy atom. The molecule has 0 fully saturated rings. The summed E-state index contributed by atoms with van der Waals surface area (Å²) in [6.07, 6.45) is 1.84. The molecule has 0 spiro atoms. The number of hydrogen-bond donors (Lipinski definition) is 1. The van der Waals surface area contributed by atoms with Gasteiger partial charge < -0.3 is 14.8 Å². The third-order valence-corrected chi connectivity index (χ3v) is 4.67. The number of anilines is 1. The van der Waals surface area contributed by atoms with Gasteiger partial charge in [-0.25, -0.2) is 0 Å². The van der Waals surface area contributed by atoms with Crippen LogP contribution < -0.4 is 14.8 Å². The number of amides is 1. The van der Waals surface area contributed by atoms with E-state index in [1.54, 1.807) is 12.1 Å². The standard InChI is InChI=1S/C26H29NO3/c1-20(2)15-17-30-25-10-6-9-22(19-25)26(28)27-23-11-13-24(14-12-23)29-18-16-21-7-4-3-5-8-21/h3-14,19-20H,15-18H2,1-2H3,(H,27,28). The number of carbonyl (C=O) groups is 1. The van der Waals surface area contributed by atoms with E-state index in [1.807, 2.05) is 54.6 Å². The molecule has 3 aromatic carbocycles. The molecule has 1 amide bonds. The molecule has 0 heterocycles. The van der Waals surface area contributed by atoms with Crippen molar-refractivity contribution in [2.45, 2.75) is 26.7 Å². The van der Waals surface area contributed by atoms with E-state index in [2.05, 4.69) is 31.3 Å². The SMILES string of the molecule is CC(C)CCOc1cccc(C(=O)Nc2ccc(OCCc3ccccc3)cc2)c1. The van der Waals surface area contributed by atoms with E-state index in [1.165, 1.54) is 5.56 Å². The van der Waals surface area contributed by atoms with Crippen molar-refractivity contribution in [1.82, 2.24) is 0 Å². The van der Waals surface area contributed by atoms with E-state index in [0.717, 1.165) is 24.3 Å². The lowest BCUT2D eigenvalue weighted by atomic mass is 10.1. The first kappa shape index (κ1) is 21.4. The third kappa shape index (κ3) is 6.96. The molecule has 30 heavy (non-hydrogen) atoms. The summed E-state index contributed by atoms with van der Waals surface area (Å²) >= 11 is 0. The van der Waals surface area contributed by atoms with Gasteiger partial charge in [-0.1, -0.05) is 50.2 Å². The number of nitrogens with one attached hydrogen (secondary N) is 1. The van der Waals surface area contributed by atoms with Gasteiger partial charge in [-0.3, -0.25) is 4.79 Å². The average molecular weight is 404 g/mol. The van der Waals surface area contributed by atoms with Crippen molar-refractivity contribution in [2.24, 2.45) is 5.92 Å². The molecule has 0 aliphatic carbocycles. The third-order valence-electron chi connectivity index (χ3n) is 4.67. The zero-order valence-corrected chi connectivity index (χ0v) is 17.6. The van der Waals surface area contributed by atoms with E-state index in [9.17, 15) is 4.79 Å². The van der Waals surface area contributed by atoms with E-state index >= 15 is 0 Å². The molecule has 4 nitrogen and oxygen atoms in total. The first-order chi connectivity index (χ1) is 14.6. The summed E-state index contributed by atoms with van der Waals surface area (Å²) in [4.78, 5) is 12.6. The highest BCUT2D eigenvalue weighted by Gasteiger charge is 2.08. The molecule has 3 aromatic rings. The molecule has 1 N–H and O–H groups in total. The maximum Gasteiger partial charge on any atom is 0.255 e. The highest BCUT2D eigenvalue weighted by molar-refractivity contribution is 6.04. The minimum Gasteiger partial charge on any atom is -0.494 e. The van der Waals surface area contributed by atoms with Crippen molar-refractivity contribution in [3.63, 3.8) is 0 Å². The number of rotatable bonds is 10. The normalized spacial score (nSPS) is 10.6. The Labute approximate surface area is 178 Å². The van der Waals surface area contributed by atoms with Crippen LogP contribution in [0.25, 0.3) is 0 Å². The molecule has 0 atom stereocenters. The molecule has 0 bridgehead atoms. The highest BCUT2D eigenvalue weighted by Crippen LogP contribution is 2.19. The van der Waals surface area contributed by atoms with Crippen LogP contribution in [0.2, 0.25) is 0 Å². The molecular weight excluding hydrogens is 374 g/mol. The Bertz CT molecular complexity index is 921. The van der Waals surface area contributed by atoms with Crippen molar-refractivity contribution < 1.29 is 14.3 Å². The molecule has 0 aromatic heterocycles. The lowest BCUT2D eigenvalue weighted by molar-refractivity contribution is 0.102. The molecule has 0 aliphatic heterocycles. The first-order valence-electron chi connectivity index (χ1n) is 10.4. The van der Waals surface area contributed by atoms with Gasteiger partial charge in [0, 0.05) is 17.7 Å². The Morgan fingerprint density at radius 2 is 1.57 bits per heavy atom. The molecule has 0 unspecified atom stereocenters. The number of hydrogen-bond acceptors (Lipinski definition) is 3. The maximum absolute atomic E-state index is 12.6. The van der Waals surface area contributed by atoms with Crippen molar-refractivity contribution in [3.05, 3.63) is 90.0 Å². The monoisotopic (exact) mass is 403 g/mol. The number of benzene rings is 3. The molecular formula is C26H29NO3. The summed E-state index contributed by atoms with van der Waals surface area (Å²) in [5.74, 6) is 1.92. The fourth-order valence-electron chi connectivity index (χ4n) is 2.91. The number of ether oxygens (including phenoxy) is 2. The quantitative estimate of drug-likeness (QED) is 0.453. The predicted octanol–water partition coefficient (Wildman–Crippen LogP) is 5.99. The van der Waals surface area contributed by atoms with Gasteiger partial charge in [0.1, 0.15) is 11.5 Å². The summed E-state index contributed by atoms with van der Waals surface area (Å²) in [5.41, 5.74) is 2.54. The van der Waals surface area contributed by atoms with Crippen molar-refractivity contribution in [1.29, 1.82) is 0 Å². The molecule has 156 valence electrons. The van der Waals surface area contributed by atoms with Crippen LogP contribution in [0.4, 0.5) is 5.69 Å². The Hall–Kier alpha value is -3.27. The Morgan fingerprint density at radius 3 is 2.30 bits per heavy atom. The second-order valence-corrected chi connectivity index (χ2v) is 7.62. The summed E-state index contributed by atoms with van der Waals surface area (Å²) in [5, 5.41) is 2.92. The van der Waals surface area contributed by atoms with Crippen LogP contribution in [-0.4, -0.2) is 19.1 Å². The van der Waals surface area contributed by atoms with Crippen molar-refractivity contribution in [3.8, 4) is 11.5 Å². The molecule has 0 saturated heterocycles. The van der Waals surface area contributed by atoms with Gasteiger partial charge in [-0.05, 0) is 60.4 Å². The molecule has 0 radical (unpaired) electrons. The fourth-order valence-corrected chi connectivity index (χ4v) is 2.91. The summed E-state index contributed by atoms with van der Waals surface area (Å²) in [7, 11) is 0. The lowest BCUT2D eigenvalue weighted by Gasteiger charge is -2.10. The van der Waals surface area contributed by atoms with Crippen LogP contribution in [0.3, 0.4) is 0 Å². The van der Waals surface area contributed by atoms with Gasteiger partial charge in [-0.15, -0.1) is 0 Å². The largest absolute Gasteiger partial charge is 0.494 e. The summed E-state index contributed by atoms with van der Waals surface area (Å²) < 4.78 is 11.5. The molecule has 3 rings (SSSR count). The minimum absolute atomic E-state index is 0.165. The van der Waals surface area contributed by atoms with Crippen LogP contribution in [0, 0.1) is 5.92 Å². The summed E-state index contributed by atoms with van der Waals surface area (Å²) in [6, 6.07) is 24.9. The minimum atomic E-state index is -0.165. The van der Waals surface area contributed by atoms with E-state index in [4.69, 9.17) is 9.47 Å². The van der Waals surface area contributed by atoms with Gasteiger partial charge in [0.15, 0.2) is 0 Å². The predicted molar refractivity (Wildman–Crippen MR) is 121 cm³/mol. The van der Waals surface area contributed by atoms with Gasteiger partial charge in [0.05, 0.1) is 13.2 Å². The fraction of sp³-hybridized carbons (Fsp3) is 0.269.